The molecule has 0 aliphatic rings. The minimum absolute atomic E-state index is 0.00677. The van der Waals surface area contributed by atoms with Crippen LogP contribution < -0.4 is 27.0 Å². The van der Waals surface area contributed by atoms with E-state index in [1.54, 1.807) is 36.6 Å². The number of hydrogen-bond acceptors (Lipinski definition) is 10. The number of carboxylic acids is 1. The van der Waals surface area contributed by atoms with Crippen molar-refractivity contribution in [1.29, 1.82) is 0 Å². The van der Waals surface area contributed by atoms with Gasteiger partial charge in [-0.25, -0.2) is 4.79 Å². The minimum atomic E-state index is -1.59. The average molecular weight is 558 g/mol. The Labute approximate surface area is 223 Å². The van der Waals surface area contributed by atoms with Gasteiger partial charge in [0.05, 0.1) is 19.8 Å². The Bertz CT molecular complexity index is 937. The SMILES string of the molecule is CSCC[C@H](NC(=O)[C@H](CO)NC(=O)[C@H](Cc1ccccc1)NC(=O)[C@@H](N)CO)C(=O)N[C@@H](CO)C(=O)O. The Morgan fingerprint density at radius 3 is 1.79 bits per heavy atom. The molecule has 0 unspecified atom stereocenters. The molecule has 0 bridgehead atoms. The number of benzene rings is 1. The Kier molecular flexibility index (Phi) is 14.9. The molecule has 0 aromatic heterocycles. The number of rotatable bonds is 17. The largest absolute Gasteiger partial charge is 0.480 e. The fourth-order valence-electron chi connectivity index (χ4n) is 3.12. The summed E-state index contributed by atoms with van der Waals surface area (Å²) in [5.74, 6) is -4.51. The van der Waals surface area contributed by atoms with Crippen molar-refractivity contribution in [3.63, 3.8) is 0 Å². The predicted octanol–water partition coefficient (Wildman–Crippen LogP) is -3.69. The number of amides is 4. The van der Waals surface area contributed by atoms with Crippen LogP contribution >= 0.6 is 11.8 Å². The van der Waals surface area contributed by atoms with E-state index in [1.165, 1.54) is 11.8 Å². The van der Waals surface area contributed by atoms with Crippen LogP contribution in [-0.2, 0) is 30.4 Å². The highest BCUT2D eigenvalue weighted by Gasteiger charge is 2.31. The highest BCUT2D eigenvalue weighted by Crippen LogP contribution is 2.06. The Morgan fingerprint density at radius 1 is 0.763 bits per heavy atom. The maximum atomic E-state index is 13.0. The Balaban J connectivity index is 3.01. The smallest absolute Gasteiger partial charge is 0.328 e. The zero-order valence-corrected chi connectivity index (χ0v) is 21.6. The molecule has 38 heavy (non-hydrogen) atoms. The second-order valence-electron chi connectivity index (χ2n) is 8.21. The number of nitrogens with one attached hydrogen (secondary N) is 4. The first-order valence-corrected chi connectivity index (χ1v) is 13.0. The second kappa shape index (κ2) is 17.3. The highest BCUT2D eigenvalue weighted by molar-refractivity contribution is 7.98. The number of nitrogens with two attached hydrogens (primary N) is 1. The van der Waals surface area contributed by atoms with Gasteiger partial charge in [-0.1, -0.05) is 30.3 Å². The number of aliphatic hydroxyl groups is 3. The molecule has 0 saturated carbocycles. The summed E-state index contributed by atoms with van der Waals surface area (Å²) in [6.45, 7) is -2.38. The summed E-state index contributed by atoms with van der Waals surface area (Å²) in [5.41, 5.74) is 6.20. The van der Waals surface area contributed by atoms with E-state index in [4.69, 9.17) is 21.1 Å². The maximum Gasteiger partial charge on any atom is 0.328 e. The molecule has 0 aliphatic carbocycles. The molecule has 0 saturated heterocycles. The number of aliphatic hydroxyl groups excluding tert-OH is 3. The predicted molar refractivity (Wildman–Crippen MR) is 138 cm³/mol. The van der Waals surface area contributed by atoms with Gasteiger partial charge >= 0.3 is 5.97 Å². The molecule has 0 fully saturated rings. The third-order valence-corrected chi connectivity index (χ3v) is 5.95. The van der Waals surface area contributed by atoms with Crippen molar-refractivity contribution in [2.45, 2.75) is 43.1 Å². The number of aliphatic carboxylic acids is 1. The van der Waals surface area contributed by atoms with Crippen molar-refractivity contribution < 1.29 is 44.4 Å². The van der Waals surface area contributed by atoms with Crippen LogP contribution in [0, 0.1) is 0 Å². The van der Waals surface area contributed by atoms with Gasteiger partial charge in [-0.3, -0.25) is 19.2 Å². The highest BCUT2D eigenvalue weighted by atomic mass is 32.2. The van der Waals surface area contributed by atoms with E-state index in [9.17, 15) is 29.1 Å². The number of carbonyl (C=O) groups excluding carboxylic acids is 4. The van der Waals surface area contributed by atoms with Crippen LogP contribution in [0.2, 0.25) is 0 Å². The van der Waals surface area contributed by atoms with Crippen LogP contribution in [0.1, 0.15) is 12.0 Å². The number of carbonyl (C=O) groups is 5. The van der Waals surface area contributed by atoms with Crippen LogP contribution in [0.15, 0.2) is 30.3 Å². The Hall–Kier alpha value is -3.24. The maximum absolute atomic E-state index is 13.0. The van der Waals surface area contributed by atoms with Crippen LogP contribution in [0.25, 0.3) is 0 Å². The lowest BCUT2D eigenvalue weighted by atomic mass is 10.0. The third kappa shape index (κ3) is 11.0. The van der Waals surface area contributed by atoms with E-state index < -0.39 is 79.6 Å². The van der Waals surface area contributed by atoms with E-state index in [0.29, 0.717) is 11.3 Å². The summed E-state index contributed by atoms with van der Waals surface area (Å²) in [5, 5.41) is 46.4. The Morgan fingerprint density at radius 2 is 1.26 bits per heavy atom. The van der Waals surface area contributed by atoms with Crippen LogP contribution in [0.4, 0.5) is 0 Å². The molecule has 10 N–H and O–H groups in total. The van der Waals surface area contributed by atoms with E-state index in [0.717, 1.165) is 0 Å². The molecule has 14 nitrogen and oxygen atoms in total. The summed E-state index contributed by atoms with van der Waals surface area (Å²) >= 11 is 1.36. The first-order valence-electron chi connectivity index (χ1n) is 11.6. The van der Waals surface area contributed by atoms with Gasteiger partial charge in [0.1, 0.15) is 30.2 Å². The molecule has 0 heterocycles. The van der Waals surface area contributed by atoms with Gasteiger partial charge in [-0.2, -0.15) is 11.8 Å². The summed E-state index contributed by atoms with van der Waals surface area (Å²) in [7, 11) is 0. The van der Waals surface area contributed by atoms with Gasteiger partial charge in [0.15, 0.2) is 0 Å². The van der Waals surface area contributed by atoms with Crippen molar-refractivity contribution in [3.05, 3.63) is 35.9 Å². The van der Waals surface area contributed by atoms with Crippen molar-refractivity contribution in [3.8, 4) is 0 Å². The molecule has 1 aromatic carbocycles. The van der Waals surface area contributed by atoms with Crippen molar-refractivity contribution in [2.75, 3.05) is 31.8 Å². The molecule has 15 heteroatoms. The van der Waals surface area contributed by atoms with Crippen molar-refractivity contribution in [2.24, 2.45) is 5.73 Å². The first-order chi connectivity index (χ1) is 18.1. The lowest BCUT2D eigenvalue weighted by Gasteiger charge is -2.25. The van der Waals surface area contributed by atoms with E-state index >= 15 is 0 Å². The van der Waals surface area contributed by atoms with Gasteiger partial charge in [0, 0.05) is 6.42 Å². The molecule has 0 aliphatic heterocycles. The average Bonchev–Trinajstić information content (AvgIpc) is 2.91. The van der Waals surface area contributed by atoms with Crippen LogP contribution in [0.3, 0.4) is 0 Å². The molecule has 0 spiro atoms. The van der Waals surface area contributed by atoms with Crippen molar-refractivity contribution in [1.82, 2.24) is 21.3 Å². The quantitative estimate of drug-likeness (QED) is 0.0903. The van der Waals surface area contributed by atoms with E-state index in [2.05, 4.69) is 21.3 Å². The van der Waals surface area contributed by atoms with Crippen LogP contribution in [0.5, 0.6) is 0 Å². The molecule has 0 radical (unpaired) electrons. The lowest BCUT2D eigenvalue weighted by Crippen LogP contribution is -2.60. The fraction of sp³-hybridized carbons (Fsp3) is 0.522. The molecule has 5 atom stereocenters. The minimum Gasteiger partial charge on any atom is -0.480 e. The van der Waals surface area contributed by atoms with Gasteiger partial charge in [-0.15, -0.1) is 0 Å². The zero-order chi connectivity index (χ0) is 28.7. The molecule has 4 amide bonds. The topological polar surface area (TPSA) is 240 Å². The van der Waals surface area contributed by atoms with Gasteiger partial charge in [-0.05, 0) is 24.0 Å². The van der Waals surface area contributed by atoms with E-state index in [1.807, 2.05) is 0 Å². The molecule has 212 valence electrons. The van der Waals surface area contributed by atoms with Crippen LogP contribution in [-0.4, -0.2) is 112 Å². The number of thioether (sulfide) groups is 1. The van der Waals surface area contributed by atoms with E-state index in [-0.39, 0.29) is 12.8 Å². The zero-order valence-electron chi connectivity index (χ0n) is 20.8. The summed E-state index contributed by atoms with van der Waals surface area (Å²) in [6, 6.07) is 1.77. The van der Waals surface area contributed by atoms with Crippen molar-refractivity contribution >= 4 is 41.4 Å². The molecular formula is C23H35N5O9S. The van der Waals surface area contributed by atoms with Gasteiger partial charge in [0.25, 0.3) is 0 Å². The first kappa shape index (κ1) is 32.8. The number of hydrogen-bond donors (Lipinski definition) is 9. The summed E-state index contributed by atoms with van der Waals surface area (Å²) in [6.07, 6.45) is 1.85. The summed E-state index contributed by atoms with van der Waals surface area (Å²) < 4.78 is 0. The molecule has 1 rings (SSSR count). The lowest BCUT2D eigenvalue weighted by molar-refractivity contribution is -0.143. The third-order valence-electron chi connectivity index (χ3n) is 5.31. The fourth-order valence-corrected chi connectivity index (χ4v) is 3.59. The molecular weight excluding hydrogens is 522 g/mol. The van der Waals surface area contributed by atoms with Gasteiger partial charge in [0.2, 0.25) is 23.6 Å². The summed E-state index contributed by atoms with van der Waals surface area (Å²) in [4.78, 5) is 61.8. The van der Waals surface area contributed by atoms with Gasteiger partial charge < -0.3 is 47.4 Å². The normalized spacial score (nSPS) is 14.8. The monoisotopic (exact) mass is 557 g/mol. The number of carboxylic acid groups (broad SMARTS) is 1. The second-order valence-corrected chi connectivity index (χ2v) is 9.19. The molecule has 1 aromatic rings. The standard InChI is InChI=1S/C23H35N5O9S/c1-38-8-7-15(20(33)28-18(12-31)23(36)37)25-22(35)17(11-30)27-21(34)16(26-19(32)14(24)10-29)9-13-5-3-2-4-6-13/h2-6,14-18,29-31H,7-12,24H2,1H3,(H,25,35)(H,26,32)(H,27,34)(H,28,33)(H,36,37)/t14-,15-,16-,17-,18-/m0/s1.